The smallest absolute Gasteiger partial charge is 0.275 e. The lowest BCUT2D eigenvalue weighted by molar-refractivity contribution is 0.0945. The summed E-state index contributed by atoms with van der Waals surface area (Å²) in [5, 5.41) is 7.07. The second-order valence-corrected chi connectivity index (χ2v) is 6.81. The Bertz CT molecular complexity index is 1180. The number of aromatic nitrogens is 4. The highest BCUT2D eigenvalue weighted by Gasteiger charge is 2.15. The first-order valence-corrected chi connectivity index (χ1v) is 9.50. The molecule has 0 bridgehead atoms. The average molecular weight is 387 g/mol. The van der Waals surface area contributed by atoms with Gasteiger partial charge in [-0.2, -0.15) is 5.10 Å². The van der Waals surface area contributed by atoms with E-state index in [0.29, 0.717) is 25.1 Å². The minimum absolute atomic E-state index is 0.108. The zero-order valence-electron chi connectivity index (χ0n) is 16.1. The quantitative estimate of drug-likeness (QED) is 0.498. The Hall–Kier alpha value is -3.74. The Labute approximate surface area is 167 Å². The Morgan fingerprint density at radius 2 is 1.86 bits per heavy atom. The number of hydrogen-bond acceptors (Lipinski definition) is 4. The van der Waals surface area contributed by atoms with Crippen LogP contribution in [0.3, 0.4) is 0 Å². The van der Waals surface area contributed by atoms with E-state index in [1.54, 1.807) is 11.6 Å². The average Bonchev–Trinajstić information content (AvgIpc) is 3.14. The van der Waals surface area contributed by atoms with E-state index < -0.39 is 5.91 Å². The second-order valence-electron chi connectivity index (χ2n) is 6.81. The molecule has 0 atom stereocenters. The molecule has 4 rings (SSSR count). The first kappa shape index (κ1) is 18.6. The summed E-state index contributed by atoms with van der Waals surface area (Å²) in [6.45, 7) is 2.21. The molecule has 0 aliphatic carbocycles. The lowest BCUT2D eigenvalue weighted by Gasteiger charge is -2.11. The summed E-state index contributed by atoms with van der Waals surface area (Å²) < 4.78 is 1.60. The van der Waals surface area contributed by atoms with Gasteiger partial charge in [0.05, 0.1) is 16.7 Å². The number of hydrogen-bond donors (Lipinski definition) is 2. The minimum atomic E-state index is -0.468. The summed E-state index contributed by atoms with van der Waals surface area (Å²) in [6.07, 6.45) is 1.40. The normalized spacial score (nSPS) is 10.9. The molecule has 2 aromatic heterocycles. The molecule has 2 N–H and O–H groups in total. The van der Waals surface area contributed by atoms with Crippen molar-refractivity contribution < 1.29 is 4.79 Å². The summed E-state index contributed by atoms with van der Waals surface area (Å²) in [7, 11) is 0. The van der Waals surface area contributed by atoms with Gasteiger partial charge in [0.1, 0.15) is 5.82 Å². The van der Waals surface area contributed by atoms with Gasteiger partial charge >= 0.3 is 0 Å². The molecule has 0 radical (unpaired) electrons. The van der Waals surface area contributed by atoms with E-state index in [9.17, 15) is 9.59 Å². The number of nitrogens with one attached hydrogen (secondary N) is 2. The van der Waals surface area contributed by atoms with Crippen LogP contribution in [-0.4, -0.2) is 32.2 Å². The van der Waals surface area contributed by atoms with Gasteiger partial charge in [-0.05, 0) is 37.6 Å². The summed E-state index contributed by atoms with van der Waals surface area (Å²) >= 11 is 0. The number of carbonyl (C=O) groups excluding carboxylic acids is 1. The molecule has 0 saturated carbocycles. The van der Waals surface area contributed by atoms with E-state index in [4.69, 9.17) is 0 Å². The molecule has 0 saturated heterocycles. The fourth-order valence-corrected chi connectivity index (χ4v) is 3.20. The lowest BCUT2D eigenvalue weighted by Crippen LogP contribution is -2.32. The fraction of sp³-hybridized carbons (Fsp3) is 0.182. The summed E-state index contributed by atoms with van der Waals surface area (Å²) in [5.74, 6) is 0.407. The number of amides is 1. The number of imidazole rings is 1. The van der Waals surface area contributed by atoms with Crippen molar-refractivity contribution in [1.82, 2.24) is 25.1 Å². The first-order chi connectivity index (χ1) is 14.1. The topological polar surface area (TPSA) is 92.7 Å². The number of nitrogens with zero attached hydrogens (tertiary/aromatic N) is 3. The number of carbonyl (C=O) groups is 1. The van der Waals surface area contributed by atoms with Crippen LogP contribution in [-0.2, 0) is 6.42 Å². The maximum atomic E-state index is 12.5. The van der Waals surface area contributed by atoms with Gasteiger partial charge in [0.2, 0.25) is 5.43 Å². The number of aryl methyl sites for hydroxylation is 2. The zero-order valence-corrected chi connectivity index (χ0v) is 16.1. The molecule has 146 valence electrons. The standard InChI is InChI=1S/C22H21N5O2/c1-15-14-19(28)21(26-27(15)16-8-3-2-4-9-16)22(29)23-13-7-12-20-24-17-10-5-6-11-18(17)25-20/h2-6,8-11,14H,7,12-13H2,1H3,(H,23,29)(H,24,25). The van der Waals surface area contributed by atoms with E-state index in [-0.39, 0.29) is 11.1 Å². The minimum Gasteiger partial charge on any atom is -0.351 e. The fourth-order valence-electron chi connectivity index (χ4n) is 3.20. The van der Waals surface area contributed by atoms with Gasteiger partial charge in [-0.1, -0.05) is 30.3 Å². The van der Waals surface area contributed by atoms with E-state index in [2.05, 4.69) is 20.4 Å². The van der Waals surface area contributed by atoms with E-state index in [1.165, 1.54) is 6.07 Å². The molecule has 7 nitrogen and oxygen atoms in total. The van der Waals surface area contributed by atoms with Crippen molar-refractivity contribution in [3.8, 4) is 5.69 Å². The van der Waals surface area contributed by atoms with Crippen LogP contribution in [0.25, 0.3) is 16.7 Å². The summed E-state index contributed by atoms with van der Waals surface area (Å²) in [6, 6.07) is 18.7. The number of H-pyrrole nitrogens is 1. The maximum absolute atomic E-state index is 12.5. The molecule has 0 unspecified atom stereocenters. The van der Waals surface area contributed by atoms with Gasteiger partial charge in [-0.3, -0.25) is 9.59 Å². The molecule has 0 fully saturated rings. The third-order valence-corrected chi connectivity index (χ3v) is 4.64. The molecular formula is C22H21N5O2. The van der Waals surface area contributed by atoms with Gasteiger partial charge in [0.15, 0.2) is 5.69 Å². The molecule has 7 heteroatoms. The van der Waals surface area contributed by atoms with Crippen LogP contribution >= 0.6 is 0 Å². The highest BCUT2D eigenvalue weighted by Crippen LogP contribution is 2.11. The van der Waals surface area contributed by atoms with Crippen LogP contribution in [0.2, 0.25) is 0 Å². The molecule has 2 heterocycles. The number of para-hydroxylation sites is 3. The second kappa shape index (κ2) is 8.10. The molecule has 0 aliphatic rings. The molecule has 0 spiro atoms. The van der Waals surface area contributed by atoms with Crippen LogP contribution in [0.5, 0.6) is 0 Å². The van der Waals surface area contributed by atoms with E-state index in [0.717, 1.165) is 22.5 Å². The largest absolute Gasteiger partial charge is 0.351 e. The van der Waals surface area contributed by atoms with Gasteiger partial charge < -0.3 is 10.3 Å². The van der Waals surface area contributed by atoms with Crippen LogP contribution in [0.4, 0.5) is 0 Å². The van der Waals surface area contributed by atoms with Crippen molar-refractivity contribution in [3.63, 3.8) is 0 Å². The summed E-state index contributed by atoms with van der Waals surface area (Å²) in [5.41, 5.74) is 2.90. The Morgan fingerprint density at radius 3 is 2.66 bits per heavy atom. The highest BCUT2D eigenvalue weighted by molar-refractivity contribution is 5.92. The van der Waals surface area contributed by atoms with Crippen molar-refractivity contribution in [2.45, 2.75) is 19.8 Å². The summed E-state index contributed by atoms with van der Waals surface area (Å²) in [4.78, 5) is 32.6. The molecular weight excluding hydrogens is 366 g/mol. The number of aromatic amines is 1. The van der Waals surface area contributed by atoms with Crippen LogP contribution in [0.1, 0.15) is 28.4 Å². The van der Waals surface area contributed by atoms with Crippen LogP contribution in [0.15, 0.2) is 65.5 Å². The van der Waals surface area contributed by atoms with Crippen molar-refractivity contribution >= 4 is 16.9 Å². The van der Waals surface area contributed by atoms with Gasteiger partial charge in [-0.15, -0.1) is 0 Å². The van der Waals surface area contributed by atoms with Crippen LogP contribution in [0, 0.1) is 6.92 Å². The third-order valence-electron chi connectivity index (χ3n) is 4.64. The lowest BCUT2D eigenvalue weighted by atomic mass is 10.2. The Balaban J connectivity index is 1.41. The van der Waals surface area contributed by atoms with Crippen molar-refractivity contribution in [2.24, 2.45) is 0 Å². The molecule has 0 aliphatic heterocycles. The van der Waals surface area contributed by atoms with Gasteiger partial charge in [0, 0.05) is 24.7 Å². The van der Waals surface area contributed by atoms with Crippen molar-refractivity contribution in [2.75, 3.05) is 6.54 Å². The SMILES string of the molecule is Cc1cc(=O)c(C(=O)NCCCc2nc3ccccc3[nH]2)nn1-c1ccccc1. The molecule has 4 aromatic rings. The maximum Gasteiger partial charge on any atom is 0.275 e. The van der Waals surface area contributed by atoms with E-state index >= 15 is 0 Å². The molecule has 2 aromatic carbocycles. The molecule has 29 heavy (non-hydrogen) atoms. The Morgan fingerprint density at radius 1 is 1.10 bits per heavy atom. The monoisotopic (exact) mass is 387 g/mol. The van der Waals surface area contributed by atoms with Crippen molar-refractivity contribution in [3.05, 3.63) is 88.1 Å². The number of fused-ring (bicyclic) bond motifs is 1. The highest BCUT2D eigenvalue weighted by atomic mass is 16.2. The Kier molecular flexibility index (Phi) is 5.20. The number of benzene rings is 2. The molecule has 1 amide bonds. The van der Waals surface area contributed by atoms with E-state index in [1.807, 2.05) is 54.6 Å². The van der Waals surface area contributed by atoms with Crippen molar-refractivity contribution in [1.29, 1.82) is 0 Å². The van der Waals surface area contributed by atoms with Crippen LogP contribution < -0.4 is 10.7 Å². The third kappa shape index (κ3) is 4.08. The van der Waals surface area contributed by atoms with Gasteiger partial charge in [0.25, 0.3) is 5.91 Å². The number of rotatable bonds is 6. The predicted octanol–water partition coefficient (Wildman–Crippen LogP) is 2.78. The zero-order chi connectivity index (χ0) is 20.2. The first-order valence-electron chi connectivity index (χ1n) is 9.50. The van der Waals surface area contributed by atoms with Gasteiger partial charge in [-0.25, -0.2) is 9.67 Å². The predicted molar refractivity (Wildman–Crippen MR) is 111 cm³/mol.